The van der Waals surface area contributed by atoms with Crippen LogP contribution in [-0.4, -0.2) is 67.6 Å². The minimum absolute atomic E-state index is 0. The van der Waals surface area contributed by atoms with Crippen LogP contribution < -0.4 is 9.80 Å². The van der Waals surface area contributed by atoms with Crippen molar-refractivity contribution in [1.82, 2.24) is 9.88 Å². The van der Waals surface area contributed by atoms with E-state index >= 15 is 0 Å². The molecular formula is C26H30ClFN4O3S. The number of carbonyl (C=O) groups excluding carboxylic acids is 2. The highest BCUT2D eigenvalue weighted by molar-refractivity contribution is 7.22. The predicted molar refractivity (Wildman–Crippen MR) is 143 cm³/mol. The molecule has 2 amide bonds. The van der Waals surface area contributed by atoms with Gasteiger partial charge in [0.15, 0.2) is 5.13 Å². The first kappa shape index (κ1) is 26.5. The number of nitrogens with zero attached hydrogens (tertiary/aromatic N) is 4. The van der Waals surface area contributed by atoms with E-state index in [-0.39, 0.29) is 43.0 Å². The molecule has 1 aromatic heterocycles. The molecule has 0 radical (unpaired) electrons. The van der Waals surface area contributed by atoms with Crippen molar-refractivity contribution in [3.8, 4) is 0 Å². The third-order valence-electron chi connectivity index (χ3n) is 6.93. The molecule has 3 aromatic rings. The highest BCUT2D eigenvalue weighted by Crippen LogP contribution is 2.34. The summed E-state index contributed by atoms with van der Waals surface area (Å²) in [6.07, 6.45) is 0.132. The number of benzene rings is 2. The number of hydrogen-bond acceptors (Lipinski definition) is 6. The third-order valence-corrected chi connectivity index (χ3v) is 7.97. The summed E-state index contributed by atoms with van der Waals surface area (Å²) in [6, 6.07) is 9.95. The van der Waals surface area contributed by atoms with Crippen LogP contribution in [0, 0.1) is 25.6 Å². The van der Waals surface area contributed by atoms with Crippen LogP contribution in [0.1, 0.15) is 17.5 Å². The number of aromatic nitrogens is 1. The average molecular weight is 533 g/mol. The fourth-order valence-electron chi connectivity index (χ4n) is 4.66. The Morgan fingerprint density at radius 3 is 2.61 bits per heavy atom. The SMILES string of the molecule is Cc1ccc2sc(N(CCN3CCOCC3)C(=O)C3CC(=O)N(c4ccc(F)cc4)C3)nc2c1C.Cl. The molecule has 2 aliphatic rings. The van der Waals surface area contributed by atoms with Crippen molar-refractivity contribution in [3.63, 3.8) is 0 Å². The normalized spacial score (nSPS) is 18.5. The minimum Gasteiger partial charge on any atom is -0.379 e. The molecule has 0 N–H and O–H groups in total. The molecule has 1 atom stereocenters. The van der Waals surface area contributed by atoms with Crippen LogP contribution in [0.3, 0.4) is 0 Å². The first-order valence-electron chi connectivity index (χ1n) is 11.9. The highest BCUT2D eigenvalue weighted by Gasteiger charge is 2.38. The van der Waals surface area contributed by atoms with E-state index in [0.717, 1.165) is 34.4 Å². The molecule has 3 heterocycles. The molecule has 0 aliphatic carbocycles. The maximum Gasteiger partial charge on any atom is 0.234 e. The van der Waals surface area contributed by atoms with Gasteiger partial charge in [-0.05, 0) is 55.3 Å². The molecule has 192 valence electrons. The van der Waals surface area contributed by atoms with E-state index < -0.39 is 5.92 Å². The molecule has 0 spiro atoms. The molecule has 10 heteroatoms. The zero-order chi connectivity index (χ0) is 24.5. The number of halogens is 2. The van der Waals surface area contributed by atoms with Crippen molar-refractivity contribution in [2.75, 3.05) is 55.7 Å². The van der Waals surface area contributed by atoms with Gasteiger partial charge in [0.2, 0.25) is 11.8 Å². The Balaban J connectivity index is 0.00000304. The van der Waals surface area contributed by atoms with Gasteiger partial charge in [0.05, 0.1) is 29.3 Å². The molecular weight excluding hydrogens is 503 g/mol. The maximum absolute atomic E-state index is 13.8. The number of carbonyl (C=O) groups is 2. The number of ether oxygens (including phenoxy) is 1. The van der Waals surface area contributed by atoms with Crippen molar-refractivity contribution < 1.29 is 18.7 Å². The lowest BCUT2D eigenvalue weighted by atomic mass is 10.1. The summed E-state index contributed by atoms with van der Waals surface area (Å²) in [4.78, 5) is 37.1. The first-order valence-corrected chi connectivity index (χ1v) is 12.8. The summed E-state index contributed by atoms with van der Waals surface area (Å²) in [7, 11) is 0. The number of aryl methyl sites for hydroxylation is 2. The van der Waals surface area contributed by atoms with Gasteiger partial charge >= 0.3 is 0 Å². The van der Waals surface area contributed by atoms with Crippen LogP contribution in [0.25, 0.3) is 10.2 Å². The Labute approximate surface area is 220 Å². The highest BCUT2D eigenvalue weighted by atomic mass is 35.5. The van der Waals surface area contributed by atoms with Gasteiger partial charge in [0.1, 0.15) is 5.82 Å². The van der Waals surface area contributed by atoms with Gasteiger partial charge < -0.3 is 9.64 Å². The van der Waals surface area contributed by atoms with E-state index in [4.69, 9.17) is 9.72 Å². The summed E-state index contributed by atoms with van der Waals surface area (Å²) in [5.41, 5.74) is 3.81. The lowest BCUT2D eigenvalue weighted by molar-refractivity contribution is -0.124. The number of morpholine rings is 1. The van der Waals surface area contributed by atoms with Crippen LogP contribution in [0.5, 0.6) is 0 Å². The van der Waals surface area contributed by atoms with E-state index in [1.807, 2.05) is 0 Å². The Kier molecular flexibility index (Phi) is 8.24. The Hall–Kier alpha value is -2.59. The molecule has 2 aromatic carbocycles. The van der Waals surface area contributed by atoms with Gasteiger partial charge in [-0.1, -0.05) is 17.4 Å². The second-order valence-electron chi connectivity index (χ2n) is 9.18. The molecule has 2 fully saturated rings. The van der Waals surface area contributed by atoms with E-state index in [2.05, 4.69) is 30.9 Å². The number of rotatable bonds is 6. The third kappa shape index (κ3) is 5.39. The minimum atomic E-state index is -0.480. The molecule has 5 rings (SSSR count). The fraction of sp³-hybridized carbons (Fsp3) is 0.423. The number of thiazole rings is 1. The lowest BCUT2D eigenvalue weighted by Gasteiger charge is -2.30. The standard InChI is InChI=1S/C26H29FN4O3S.ClH/c1-17-3-8-22-24(18(17)2)28-26(35-22)30(10-9-29-11-13-34-14-12-29)25(33)19-15-23(32)31(16-19)21-6-4-20(27)5-7-21;/h3-8,19H,9-16H2,1-2H3;1H. The number of amides is 2. The van der Waals surface area contributed by atoms with Gasteiger partial charge in [-0.25, -0.2) is 9.37 Å². The molecule has 0 bridgehead atoms. The Bertz CT molecular complexity index is 1250. The molecule has 0 saturated carbocycles. The number of fused-ring (bicyclic) bond motifs is 1. The van der Waals surface area contributed by atoms with Crippen LogP contribution in [-0.2, 0) is 14.3 Å². The quantitative estimate of drug-likeness (QED) is 0.476. The molecule has 2 aliphatic heterocycles. The van der Waals surface area contributed by atoms with E-state index in [9.17, 15) is 14.0 Å². The Morgan fingerprint density at radius 1 is 1.17 bits per heavy atom. The van der Waals surface area contributed by atoms with Crippen LogP contribution >= 0.6 is 23.7 Å². The van der Waals surface area contributed by atoms with Crippen molar-refractivity contribution in [3.05, 3.63) is 53.3 Å². The number of anilines is 2. The topological polar surface area (TPSA) is 66.0 Å². The Morgan fingerprint density at radius 2 is 1.89 bits per heavy atom. The van der Waals surface area contributed by atoms with Gasteiger partial charge in [0.25, 0.3) is 0 Å². The fourth-order valence-corrected chi connectivity index (χ4v) is 5.72. The monoisotopic (exact) mass is 532 g/mol. The summed E-state index contributed by atoms with van der Waals surface area (Å²) in [6.45, 7) is 8.65. The van der Waals surface area contributed by atoms with Crippen molar-refractivity contribution >= 4 is 56.6 Å². The maximum atomic E-state index is 13.8. The lowest BCUT2D eigenvalue weighted by Crippen LogP contribution is -2.45. The van der Waals surface area contributed by atoms with Crippen LogP contribution in [0.2, 0.25) is 0 Å². The average Bonchev–Trinajstić information content (AvgIpc) is 3.47. The van der Waals surface area contributed by atoms with E-state index in [1.165, 1.54) is 23.5 Å². The van der Waals surface area contributed by atoms with Gasteiger partial charge in [0, 0.05) is 44.8 Å². The van der Waals surface area contributed by atoms with E-state index in [1.54, 1.807) is 21.9 Å². The smallest absolute Gasteiger partial charge is 0.234 e. The van der Waals surface area contributed by atoms with Gasteiger partial charge in [-0.3, -0.25) is 19.4 Å². The zero-order valence-electron chi connectivity index (χ0n) is 20.4. The largest absolute Gasteiger partial charge is 0.379 e. The van der Waals surface area contributed by atoms with Crippen LogP contribution in [0.15, 0.2) is 36.4 Å². The first-order chi connectivity index (χ1) is 16.9. The predicted octanol–water partition coefficient (Wildman–Crippen LogP) is 4.19. The van der Waals surface area contributed by atoms with Crippen molar-refractivity contribution in [2.45, 2.75) is 20.3 Å². The molecule has 1 unspecified atom stereocenters. The summed E-state index contributed by atoms with van der Waals surface area (Å²) in [5, 5.41) is 0.666. The molecule has 7 nitrogen and oxygen atoms in total. The summed E-state index contributed by atoms with van der Waals surface area (Å²) < 4.78 is 19.9. The molecule has 36 heavy (non-hydrogen) atoms. The zero-order valence-corrected chi connectivity index (χ0v) is 22.0. The van der Waals surface area contributed by atoms with Crippen molar-refractivity contribution in [1.29, 1.82) is 0 Å². The van der Waals surface area contributed by atoms with Crippen LogP contribution in [0.4, 0.5) is 15.2 Å². The molecule has 2 saturated heterocycles. The summed E-state index contributed by atoms with van der Waals surface area (Å²) in [5.74, 6) is -1.06. The second kappa shape index (κ2) is 11.2. The van der Waals surface area contributed by atoms with Gasteiger partial charge in [-0.15, -0.1) is 12.4 Å². The second-order valence-corrected chi connectivity index (χ2v) is 10.2. The summed E-state index contributed by atoms with van der Waals surface area (Å²) >= 11 is 1.51. The number of hydrogen-bond donors (Lipinski definition) is 0. The van der Waals surface area contributed by atoms with E-state index in [0.29, 0.717) is 37.1 Å². The van der Waals surface area contributed by atoms with Gasteiger partial charge in [-0.2, -0.15) is 0 Å². The van der Waals surface area contributed by atoms with Crippen molar-refractivity contribution in [2.24, 2.45) is 5.92 Å².